The fourth-order valence-electron chi connectivity index (χ4n) is 3.84. The number of hydrogen-bond acceptors (Lipinski definition) is 9. The van der Waals surface area contributed by atoms with Crippen LogP contribution in [0.2, 0.25) is 0 Å². The molecule has 0 spiro atoms. The molecular weight excluding hydrogens is 452 g/mol. The molecule has 0 radical (unpaired) electrons. The van der Waals surface area contributed by atoms with Gasteiger partial charge in [0.2, 0.25) is 0 Å². The molecule has 172 valence electrons. The van der Waals surface area contributed by atoms with E-state index < -0.39 is 16.1 Å². The Morgan fingerprint density at radius 1 is 1.25 bits per heavy atom. The quantitative estimate of drug-likeness (QED) is 0.229. The van der Waals surface area contributed by atoms with Gasteiger partial charge in [0, 0.05) is 17.6 Å². The lowest BCUT2D eigenvalue weighted by atomic mass is 10.1. The molecule has 3 aromatic rings. The van der Waals surface area contributed by atoms with Crippen LogP contribution in [-0.4, -0.2) is 30.7 Å². The zero-order valence-electron chi connectivity index (χ0n) is 18.0. The second kappa shape index (κ2) is 9.71. The van der Waals surface area contributed by atoms with Crippen molar-refractivity contribution in [3.8, 4) is 5.75 Å². The van der Waals surface area contributed by atoms with Crippen molar-refractivity contribution in [2.45, 2.75) is 51.5 Å². The molecule has 2 heterocycles. The van der Waals surface area contributed by atoms with Crippen molar-refractivity contribution in [2.75, 3.05) is 11.2 Å². The topological polar surface area (TPSA) is 128 Å². The van der Waals surface area contributed by atoms with Gasteiger partial charge in [0.25, 0.3) is 0 Å². The second-order valence-electron chi connectivity index (χ2n) is 8.11. The van der Waals surface area contributed by atoms with E-state index in [1.54, 1.807) is 30.6 Å². The van der Waals surface area contributed by atoms with Crippen molar-refractivity contribution >= 4 is 38.7 Å². The number of nitrogens with one attached hydrogen (secondary N) is 1. The van der Waals surface area contributed by atoms with E-state index in [9.17, 15) is 9.13 Å². The molecule has 2 atom stereocenters. The molecule has 2 unspecified atom stereocenters. The highest BCUT2D eigenvalue weighted by atomic mass is 31.2. The first-order valence-corrected chi connectivity index (χ1v) is 13.6. The lowest BCUT2D eigenvalue weighted by molar-refractivity contribution is -0.143. The molecule has 0 aliphatic heterocycles. The number of hydrogen-bond donors (Lipinski definition) is 2. The molecule has 0 amide bonds. The molecule has 2 N–H and O–H groups in total. The molecule has 1 saturated carbocycles. The van der Waals surface area contributed by atoms with Crippen LogP contribution in [0, 0.1) is 0 Å². The molecule has 0 bridgehead atoms. The summed E-state index contributed by atoms with van der Waals surface area (Å²) in [5, 5.41) is 12.1. The highest BCUT2D eigenvalue weighted by Crippen LogP contribution is 2.49. The third kappa shape index (κ3) is 4.89. The minimum absolute atomic E-state index is 0.219. The Labute approximate surface area is 187 Å². The lowest BCUT2D eigenvalue weighted by Crippen LogP contribution is -2.07. The summed E-state index contributed by atoms with van der Waals surface area (Å²) in [6.07, 6.45) is 6.34. The number of aromatic nitrogens is 4. The van der Waals surface area contributed by atoms with E-state index in [1.807, 2.05) is 4.57 Å². The SMILES string of the molecule is CC(C)n1cnc2c(Nc3ccc(OP(=O)(C[PH2]=O)OO)cc3)nc(C3CCCC3)nc21. The minimum Gasteiger partial charge on any atom is -0.423 e. The van der Waals surface area contributed by atoms with Gasteiger partial charge in [-0.25, -0.2) is 24.8 Å². The number of anilines is 2. The third-order valence-corrected chi connectivity index (χ3v) is 8.62. The van der Waals surface area contributed by atoms with Crippen LogP contribution < -0.4 is 9.84 Å². The molecular formula is C20H27N5O5P2. The molecule has 10 nitrogen and oxygen atoms in total. The summed E-state index contributed by atoms with van der Waals surface area (Å²) in [6.45, 7) is 4.18. The molecule has 0 saturated heterocycles. The molecule has 1 aromatic carbocycles. The zero-order chi connectivity index (χ0) is 22.7. The highest BCUT2D eigenvalue weighted by molar-refractivity contribution is 7.62. The molecule has 2 aromatic heterocycles. The number of rotatable bonds is 9. The van der Waals surface area contributed by atoms with E-state index in [0.29, 0.717) is 17.3 Å². The Kier molecular flexibility index (Phi) is 6.96. The largest absolute Gasteiger partial charge is 0.423 e. The van der Waals surface area contributed by atoms with Crippen LogP contribution in [0.5, 0.6) is 5.75 Å². The van der Waals surface area contributed by atoms with Crippen molar-refractivity contribution in [2.24, 2.45) is 0 Å². The van der Waals surface area contributed by atoms with Crippen molar-refractivity contribution in [1.82, 2.24) is 19.5 Å². The predicted molar refractivity (Wildman–Crippen MR) is 124 cm³/mol. The van der Waals surface area contributed by atoms with Gasteiger partial charge >= 0.3 is 7.60 Å². The molecule has 32 heavy (non-hydrogen) atoms. The van der Waals surface area contributed by atoms with Crippen molar-refractivity contribution in [1.29, 1.82) is 0 Å². The minimum atomic E-state index is -3.84. The maximum Gasteiger partial charge on any atom is 0.412 e. The Bertz CT molecular complexity index is 1150. The van der Waals surface area contributed by atoms with Crippen LogP contribution in [0.3, 0.4) is 0 Å². The number of benzene rings is 1. The van der Waals surface area contributed by atoms with Crippen LogP contribution in [0.15, 0.2) is 30.6 Å². The van der Waals surface area contributed by atoms with E-state index in [-0.39, 0.29) is 17.7 Å². The van der Waals surface area contributed by atoms with Crippen LogP contribution >= 0.6 is 16.1 Å². The fraction of sp³-hybridized carbons (Fsp3) is 0.450. The normalized spacial score (nSPS) is 16.9. The zero-order valence-corrected chi connectivity index (χ0v) is 20.0. The Morgan fingerprint density at radius 3 is 2.59 bits per heavy atom. The van der Waals surface area contributed by atoms with Crippen molar-refractivity contribution in [3.05, 3.63) is 36.4 Å². The standard InChI is InChI=1S/C20H27N5O5P2/c1-13(2)25-11-21-17-19(23-18(24-20(17)25)14-5-3-4-6-14)22-15-7-9-16(10-8-15)29-32(28,30-26)12-31-27/h7-11,13-14,26H,3-6,12,31H2,1-2H3,(H,22,23,24). The first-order chi connectivity index (χ1) is 15.4. The fourth-order valence-corrected chi connectivity index (χ4v) is 5.61. The Morgan fingerprint density at radius 2 is 1.97 bits per heavy atom. The molecule has 1 aliphatic rings. The van der Waals surface area contributed by atoms with Crippen molar-refractivity contribution < 1.29 is 23.6 Å². The summed E-state index contributed by atoms with van der Waals surface area (Å²) in [6, 6.07) is 6.83. The molecule has 1 aliphatic carbocycles. The van der Waals surface area contributed by atoms with Crippen molar-refractivity contribution in [3.63, 3.8) is 0 Å². The van der Waals surface area contributed by atoms with Gasteiger partial charge in [0.1, 0.15) is 17.5 Å². The van der Waals surface area contributed by atoms with Crippen LogP contribution in [-0.2, 0) is 13.8 Å². The summed E-state index contributed by atoms with van der Waals surface area (Å²) < 4.78 is 34.2. The summed E-state index contributed by atoms with van der Waals surface area (Å²) >= 11 is 0. The van der Waals surface area contributed by atoms with Gasteiger partial charge in [-0.1, -0.05) is 12.8 Å². The average molecular weight is 479 g/mol. The van der Waals surface area contributed by atoms with Crippen LogP contribution in [0.4, 0.5) is 11.5 Å². The maximum absolute atomic E-state index is 12.2. The van der Waals surface area contributed by atoms with Gasteiger partial charge < -0.3 is 19.0 Å². The third-order valence-electron chi connectivity index (χ3n) is 5.50. The summed E-state index contributed by atoms with van der Waals surface area (Å²) in [4.78, 5) is 14.2. The summed E-state index contributed by atoms with van der Waals surface area (Å²) in [5.74, 6) is 1.70. The van der Waals surface area contributed by atoms with Gasteiger partial charge in [-0.2, -0.15) is 0 Å². The number of imidazole rings is 1. The van der Waals surface area contributed by atoms with E-state index in [1.165, 1.54) is 12.8 Å². The average Bonchev–Trinajstić information content (AvgIpc) is 3.45. The lowest BCUT2D eigenvalue weighted by Gasteiger charge is -2.15. The van der Waals surface area contributed by atoms with E-state index in [2.05, 4.69) is 28.8 Å². The monoisotopic (exact) mass is 479 g/mol. The predicted octanol–water partition coefficient (Wildman–Crippen LogP) is 5.58. The van der Waals surface area contributed by atoms with Gasteiger partial charge in [0.05, 0.1) is 14.8 Å². The van der Waals surface area contributed by atoms with E-state index in [0.717, 1.165) is 30.0 Å². The Balaban J connectivity index is 1.63. The molecule has 1 fully saturated rings. The molecule has 12 heteroatoms. The maximum atomic E-state index is 12.2. The van der Waals surface area contributed by atoms with Crippen LogP contribution in [0.25, 0.3) is 11.2 Å². The van der Waals surface area contributed by atoms with Gasteiger partial charge in [-0.15, -0.1) is 4.67 Å². The van der Waals surface area contributed by atoms with E-state index in [4.69, 9.17) is 19.7 Å². The summed E-state index contributed by atoms with van der Waals surface area (Å²) in [7, 11) is -5.22. The van der Waals surface area contributed by atoms with Crippen LogP contribution in [0.1, 0.15) is 57.3 Å². The first kappa shape index (κ1) is 22.9. The van der Waals surface area contributed by atoms with Gasteiger partial charge in [-0.3, -0.25) is 0 Å². The van der Waals surface area contributed by atoms with Gasteiger partial charge in [-0.05, 0) is 51.0 Å². The van der Waals surface area contributed by atoms with Gasteiger partial charge in [0.15, 0.2) is 17.0 Å². The molecule has 4 rings (SSSR count). The Hall–Kier alpha value is -2.25. The second-order valence-corrected chi connectivity index (χ2v) is 11.5. The summed E-state index contributed by atoms with van der Waals surface area (Å²) in [5.41, 5.74) is 2.22. The number of fused-ring (bicyclic) bond motifs is 1. The first-order valence-electron chi connectivity index (χ1n) is 10.6. The van der Waals surface area contributed by atoms with E-state index >= 15 is 0 Å². The number of nitrogens with zero attached hydrogens (tertiary/aromatic N) is 4. The highest BCUT2D eigenvalue weighted by Gasteiger charge is 2.26. The smallest absolute Gasteiger partial charge is 0.412 e.